The van der Waals surface area contributed by atoms with Crippen LogP contribution in [0.1, 0.15) is 80.1 Å². The van der Waals surface area contributed by atoms with E-state index < -0.39 is 23.0 Å². The smallest absolute Gasteiger partial charge is 0.249 e. The zero-order valence-electron chi connectivity index (χ0n) is 19.9. The van der Waals surface area contributed by atoms with Gasteiger partial charge in [-0.05, 0) is 72.1 Å². The van der Waals surface area contributed by atoms with Crippen LogP contribution in [0.2, 0.25) is 0 Å². The molecule has 0 aromatic heterocycles. The molecule has 0 aromatic carbocycles. The number of carbonyl (C=O) groups is 1. The van der Waals surface area contributed by atoms with Gasteiger partial charge in [-0.15, -0.1) is 0 Å². The minimum absolute atomic E-state index is 0.000230. The van der Waals surface area contributed by atoms with Crippen molar-refractivity contribution in [1.82, 2.24) is 5.32 Å². The zero-order chi connectivity index (χ0) is 23.4. The normalized spacial score (nSPS) is 19.5. The highest BCUT2D eigenvalue weighted by atomic mass is 16.3. The molecule has 6 nitrogen and oxygen atoms in total. The fraction of sp³-hybridized carbons (Fsp3) is 0.792. The van der Waals surface area contributed by atoms with Crippen LogP contribution in [0.4, 0.5) is 0 Å². The van der Waals surface area contributed by atoms with Crippen LogP contribution in [0.15, 0.2) is 23.3 Å². The molecule has 30 heavy (non-hydrogen) atoms. The molecule has 0 aromatic rings. The van der Waals surface area contributed by atoms with Crippen LogP contribution < -0.4 is 5.32 Å². The average molecular weight is 428 g/mol. The third kappa shape index (κ3) is 11.3. The Morgan fingerprint density at radius 2 is 1.93 bits per heavy atom. The van der Waals surface area contributed by atoms with Crippen LogP contribution in [0, 0.1) is 11.3 Å². The number of rotatable bonds is 10. The molecule has 0 aliphatic heterocycles. The first-order valence-corrected chi connectivity index (χ1v) is 11.1. The summed E-state index contributed by atoms with van der Waals surface area (Å²) in [6, 6.07) is 0. The molecule has 0 fully saturated rings. The summed E-state index contributed by atoms with van der Waals surface area (Å²) in [5.41, 5.74) is 1.48. The van der Waals surface area contributed by atoms with E-state index in [1.54, 1.807) is 13.8 Å². The van der Waals surface area contributed by atoms with Crippen molar-refractivity contribution >= 4 is 5.91 Å². The second kappa shape index (κ2) is 14.0. The summed E-state index contributed by atoms with van der Waals surface area (Å²) < 4.78 is 0. The molecule has 0 bridgehead atoms. The first-order valence-electron chi connectivity index (χ1n) is 11.1. The molecule has 2 unspecified atom stereocenters. The Morgan fingerprint density at radius 3 is 2.40 bits per heavy atom. The van der Waals surface area contributed by atoms with E-state index in [0.29, 0.717) is 18.9 Å². The fourth-order valence-electron chi connectivity index (χ4n) is 3.22. The number of hydrogen-bond donors (Lipinski definition) is 5. The molecule has 6 heteroatoms. The molecular formula is C24H45NO5. The molecule has 0 spiro atoms. The second-order valence-electron chi connectivity index (χ2n) is 9.62. The van der Waals surface area contributed by atoms with Crippen molar-refractivity contribution in [3.63, 3.8) is 0 Å². The van der Waals surface area contributed by atoms with Gasteiger partial charge < -0.3 is 25.7 Å². The SMILES string of the molecule is CC(C)(CO)C(O)C(=O)NCCCO.CC(C)=CCC[C@](C)(O)C1CC=C(C)CC1. The van der Waals surface area contributed by atoms with E-state index in [-0.39, 0.29) is 13.2 Å². The van der Waals surface area contributed by atoms with Crippen LogP contribution >= 0.6 is 0 Å². The molecule has 0 saturated heterocycles. The number of aliphatic hydroxyl groups is 4. The molecule has 5 N–H and O–H groups in total. The second-order valence-corrected chi connectivity index (χ2v) is 9.62. The maximum Gasteiger partial charge on any atom is 0.249 e. The summed E-state index contributed by atoms with van der Waals surface area (Å²) in [6.07, 6.45) is 8.97. The molecule has 1 rings (SSSR count). The highest BCUT2D eigenvalue weighted by molar-refractivity contribution is 5.81. The van der Waals surface area contributed by atoms with Crippen LogP contribution in [0.3, 0.4) is 0 Å². The maximum absolute atomic E-state index is 11.3. The summed E-state index contributed by atoms with van der Waals surface area (Å²) in [5, 5.41) is 39.8. The molecule has 0 heterocycles. The monoisotopic (exact) mass is 427 g/mol. The lowest BCUT2D eigenvalue weighted by molar-refractivity contribution is -0.137. The molecule has 1 aliphatic carbocycles. The van der Waals surface area contributed by atoms with Gasteiger partial charge in [0.2, 0.25) is 5.91 Å². The third-order valence-electron chi connectivity index (χ3n) is 5.75. The molecule has 176 valence electrons. The van der Waals surface area contributed by atoms with E-state index in [1.165, 1.54) is 11.1 Å². The highest BCUT2D eigenvalue weighted by Gasteiger charge is 2.33. The lowest BCUT2D eigenvalue weighted by Gasteiger charge is -2.34. The molecule has 3 atom stereocenters. The van der Waals surface area contributed by atoms with Crippen LogP contribution in [-0.2, 0) is 4.79 Å². The standard InChI is InChI=1S/C15H26O.C9H19NO4/c1-12(2)6-5-11-15(4,16)14-9-7-13(3)8-10-14;1-9(2,6-12)7(13)8(14)10-4-3-5-11/h6-7,14,16H,5,8-11H2,1-4H3;7,11-13H,3-6H2,1-2H3,(H,10,14)/t14?,15-;/m0./s1. The molecule has 0 saturated carbocycles. The Hall–Kier alpha value is -1.21. The average Bonchev–Trinajstić information content (AvgIpc) is 2.67. The van der Waals surface area contributed by atoms with Crippen molar-refractivity contribution in [2.75, 3.05) is 19.8 Å². The zero-order valence-corrected chi connectivity index (χ0v) is 19.9. The maximum atomic E-state index is 11.3. The minimum atomic E-state index is -1.23. The minimum Gasteiger partial charge on any atom is -0.396 e. The van der Waals surface area contributed by atoms with Crippen molar-refractivity contribution in [2.45, 2.75) is 91.8 Å². The Balaban J connectivity index is 0.000000567. The van der Waals surface area contributed by atoms with Gasteiger partial charge in [0.1, 0.15) is 6.10 Å². The largest absolute Gasteiger partial charge is 0.396 e. The predicted molar refractivity (Wildman–Crippen MR) is 122 cm³/mol. The van der Waals surface area contributed by atoms with Gasteiger partial charge in [0, 0.05) is 18.6 Å². The van der Waals surface area contributed by atoms with Crippen molar-refractivity contribution in [2.24, 2.45) is 11.3 Å². The highest BCUT2D eigenvalue weighted by Crippen LogP contribution is 2.34. The van der Waals surface area contributed by atoms with Crippen LogP contribution in [0.5, 0.6) is 0 Å². The number of aliphatic hydroxyl groups excluding tert-OH is 3. The quantitative estimate of drug-likeness (QED) is 0.272. The van der Waals surface area contributed by atoms with E-state index in [2.05, 4.69) is 38.2 Å². The lowest BCUT2D eigenvalue weighted by Crippen LogP contribution is -2.45. The van der Waals surface area contributed by atoms with Crippen molar-refractivity contribution < 1.29 is 25.2 Å². The van der Waals surface area contributed by atoms with E-state index in [9.17, 15) is 15.0 Å². The lowest BCUT2D eigenvalue weighted by atomic mass is 9.76. The van der Waals surface area contributed by atoms with Gasteiger partial charge in [-0.3, -0.25) is 4.79 Å². The topological polar surface area (TPSA) is 110 Å². The third-order valence-corrected chi connectivity index (χ3v) is 5.75. The number of allylic oxidation sites excluding steroid dienone is 4. The Morgan fingerprint density at radius 1 is 1.30 bits per heavy atom. The van der Waals surface area contributed by atoms with E-state index in [1.807, 2.05) is 6.92 Å². The van der Waals surface area contributed by atoms with Gasteiger partial charge in [-0.2, -0.15) is 0 Å². The van der Waals surface area contributed by atoms with Crippen molar-refractivity contribution in [3.05, 3.63) is 23.3 Å². The Bertz CT molecular complexity index is 562. The first-order chi connectivity index (χ1) is 13.9. The summed E-state index contributed by atoms with van der Waals surface area (Å²) in [7, 11) is 0. The number of amides is 1. The molecule has 0 radical (unpaired) electrons. The number of carbonyl (C=O) groups excluding carboxylic acids is 1. The molecule has 1 aliphatic rings. The summed E-state index contributed by atoms with van der Waals surface area (Å²) in [5.74, 6) is -0.0701. The Labute approximate surface area is 183 Å². The van der Waals surface area contributed by atoms with Crippen LogP contribution in [0.25, 0.3) is 0 Å². The number of hydrogen-bond acceptors (Lipinski definition) is 5. The van der Waals surface area contributed by atoms with Gasteiger partial charge in [0.05, 0.1) is 12.2 Å². The molecule has 1 amide bonds. The number of nitrogens with one attached hydrogen (secondary N) is 1. The van der Waals surface area contributed by atoms with E-state index in [4.69, 9.17) is 10.2 Å². The molecular weight excluding hydrogens is 382 g/mol. The van der Waals surface area contributed by atoms with Gasteiger partial charge in [-0.25, -0.2) is 0 Å². The Kier molecular flexibility index (Phi) is 13.4. The van der Waals surface area contributed by atoms with Gasteiger partial charge in [0.15, 0.2) is 0 Å². The predicted octanol–water partition coefficient (Wildman–Crippen LogP) is 3.09. The first kappa shape index (κ1) is 28.8. The van der Waals surface area contributed by atoms with Crippen LogP contribution in [-0.4, -0.2) is 57.8 Å². The summed E-state index contributed by atoms with van der Waals surface area (Å²) in [6.45, 7) is 11.7. The van der Waals surface area contributed by atoms with E-state index >= 15 is 0 Å². The van der Waals surface area contributed by atoms with E-state index in [0.717, 1.165) is 32.1 Å². The van der Waals surface area contributed by atoms with Gasteiger partial charge in [0.25, 0.3) is 0 Å². The van der Waals surface area contributed by atoms with Gasteiger partial charge >= 0.3 is 0 Å². The summed E-state index contributed by atoms with van der Waals surface area (Å²) in [4.78, 5) is 11.3. The van der Waals surface area contributed by atoms with Crippen molar-refractivity contribution in [1.29, 1.82) is 0 Å². The fourth-order valence-corrected chi connectivity index (χ4v) is 3.22. The van der Waals surface area contributed by atoms with Gasteiger partial charge in [-0.1, -0.05) is 37.1 Å². The van der Waals surface area contributed by atoms with Crippen molar-refractivity contribution in [3.8, 4) is 0 Å². The summed E-state index contributed by atoms with van der Waals surface area (Å²) >= 11 is 0.